The fourth-order valence-electron chi connectivity index (χ4n) is 2.05. The predicted molar refractivity (Wildman–Crippen MR) is 47.9 cm³/mol. The zero-order chi connectivity index (χ0) is 8.84. The summed E-state index contributed by atoms with van der Waals surface area (Å²) in [6.45, 7) is 0. The molecule has 0 radical (unpaired) electrons. The molecule has 1 aliphatic heterocycles. The Morgan fingerprint density at radius 1 is 1.23 bits per heavy atom. The molecule has 13 heavy (non-hydrogen) atoms. The molecule has 0 saturated heterocycles. The van der Waals surface area contributed by atoms with Crippen LogP contribution in [0, 0.1) is 5.92 Å². The Bertz CT molecular complexity index is 370. The Kier molecular flexibility index (Phi) is 1.29. The second-order valence-electron chi connectivity index (χ2n) is 3.70. The van der Waals surface area contributed by atoms with Gasteiger partial charge in [0.2, 0.25) is 0 Å². The number of para-hydroxylation sites is 1. The van der Waals surface area contributed by atoms with Crippen LogP contribution in [-0.4, -0.2) is 11.9 Å². The lowest BCUT2D eigenvalue weighted by Gasteiger charge is -2.39. The highest BCUT2D eigenvalue weighted by Gasteiger charge is 2.43. The minimum absolute atomic E-state index is 0.148. The van der Waals surface area contributed by atoms with E-state index in [9.17, 15) is 4.79 Å². The van der Waals surface area contributed by atoms with Gasteiger partial charge in [-0.25, -0.2) is 0 Å². The van der Waals surface area contributed by atoms with Gasteiger partial charge in [-0.3, -0.25) is 4.79 Å². The largest absolute Gasteiger partial charge is 0.489 e. The number of hydrogen-bond acceptors (Lipinski definition) is 2. The van der Waals surface area contributed by atoms with Gasteiger partial charge in [0.15, 0.2) is 5.78 Å². The molecule has 1 aliphatic carbocycles. The van der Waals surface area contributed by atoms with Crippen molar-refractivity contribution in [2.45, 2.75) is 18.9 Å². The standard InChI is InChI=1S/C11H10O2/c12-11-7-3-1-2-4-9(7)13-10-6-5-8(10)11/h1-4,8,10H,5-6H2. The highest BCUT2D eigenvalue weighted by Crippen LogP contribution is 2.40. The molecule has 1 saturated carbocycles. The van der Waals surface area contributed by atoms with Crippen LogP contribution >= 0.6 is 0 Å². The molecule has 0 bridgehead atoms. The van der Waals surface area contributed by atoms with Crippen molar-refractivity contribution in [3.8, 4) is 5.75 Å². The lowest BCUT2D eigenvalue weighted by Crippen LogP contribution is -2.45. The summed E-state index contributed by atoms with van der Waals surface area (Å²) in [5.74, 6) is 1.20. The zero-order valence-corrected chi connectivity index (χ0v) is 7.19. The van der Waals surface area contributed by atoms with Crippen LogP contribution in [0.5, 0.6) is 5.75 Å². The van der Waals surface area contributed by atoms with Crippen molar-refractivity contribution in [1.82, 2.24) is 0 Å². The average Bonchev–Trinajstić information content (AvgIpc) is 2.11. The zero-order valence-electron chi connectivity index (χ0n) is 7.19. The monoisotopic (exact) mass is 174 g/mol. The first-order valence-electron chi connectivity index (χ1n) is 4.66. The Labute approximate surface area is 76.5 Å². The van der Waals surface area contributed by atoms with E-state index in [1.54, 1.807) is 0 Å². The number of Topliss-reactive ketones (excluding diaryl/α,β-unsaturated/α-hetero) is 1. The van der Waals surface area contributed by atoms with Crippen molar-refractivity contribution < 1.29 is 9.53 Å². The van der Waals surface area contributed by atoms with E-state index in [1.165, 1.54) is 0 Å². The van der Waals surface area contributed by atoms with Crippen LogP contribution in [0.15, 0.2) is 24.3 Å². The first kappa shape index (κ1) is 7.13. The van der Waals surface area contributed by atoms with Gasteiger partial charge in [0, 0.05) is 0 Å². The SMILES string of the molecule is O=C1c2ccccc2OC2CCC12. The fraction of sp³-hybridized carbons (Fsp3) is 0.364. The Morgan fingerprint density at radius 3 is 2.85 bits per heavy atom. The highest BCUT2D eigenvalue weighted by atomic mass is 16.5. The van der Waals surface area contributed by atoms with Crippen LogP contribution in [-0.2, 0) is 0 Å². The maximum Gasteiger partial charge on any atom is 0.173 e. The quantitative estimate of drug-likeness (QED) is 0.601. The molecule has 3 rings (SSSR count). The van der Waals surface area contributed by atoms with Gasteiger partial charge in [0.25, 0.3) is 0 Å². The molecule has 2 aliphatic rings. The van der Waals surface area contributed by atoms with Gasteiger partial charge in [-0.05, 0) is 25.0 Å². The summed E-state index contributed by atoms with van der Waals surface area (Å²) in [5, 5.41) is 0. The molecule has 2 heteroatoms. The Hall–Kier alpha value is -1.31. The number of fused-ring (bicyclic) bond motifs is 2. The van der Waals surface area contributed by atoms with Gasteiger partial charge in [-0.1, -0.05) is 12.1 Å². The van der Waals surface area contributed by atoms with E-state index < -0.39 is 0 Å². The molecule has 0 spiro atoms. The maximum absolute atomic E-state index is 11.8. The Morgan fingerprint density at radius 2 is 2.08 bits per heavy atom. The number of hydrogen-bond donors (Lipinski definition) is 0. The van der Waals surface area contributed by atoms with Crippen LogP contribution in [0.1, 0.15) is 23.2 Å². The van der Waals surface area contributed by atoms with E-state index in [0.717, 1.165) is 24.2 Å². The average molecular weight is 174 g/mol. The lowest BCUT2D eigenvalue weighted by atomic mass is 9.75. The summed E-state index contributed by atoms with van der Waals surface area (Å²) in [6, 6.07) is 7.53. The molecule has 0 aromatic heterocycles. The highest BCUT2D eigenvalue weighted by molar-refractivity contribution is 6.02. The fourth-order valence-corrected chi connectivity index (χ4v) is 2.05. The van der Waals surface area contributed by atoms with Gasteiger partial charge in [-0.15, -0.1) is 0 Å². The van der Waals surface area contributed by atoms with Crippen LogP contribution in [0.2, 0.25) is 0 Å². The third-order valence-electron chi connectivity index (χ3n) is 2.98. The van der Waals surface area contributed by atoms with E-state index in [4.69, 9.17) is 4.74 Å². The van der Waals surface area contributed by atoms with Crippen LogP contribution < -0.4 is 4.74 Å². The Balaban J connectivity index is 2.11. The molecule has 0 amide bonds. The minimum atomic E-state index is 0.148. The van der Waals surface area contributed by atoms with E-state index in [1.807, 2.05) is 24.3 Å². The molecule has 1 heterocycles. The van der Waals surface area contributed by atoms with Crippen molar-refractivity contribution >= 4 is 5.78 Å². The molecule has 2 atom stereocenters. The predicted octanol–water partition coefficient (Wildman–Crippen LogP) is 2.04. The third-order valence-corrected chi connectivity index (χ3v) is 2.98. The molecule has 0 N–H and O–H groups in total. The van der Waals surface area contributed by atoms with Crippen LogP contribution in [0.25, 0.3) is 0 Å². The summed E-state index contributed by atoms with van der Waals surface area (Å²) in [6.07, 6.45) is 2.20. The number of benzene rings is 1. The third kappa shape index (κ3) is 0.857. The van der Waals surface area contributed by atoms with E-state index in [2.05, 4.69) is 0 Å². The van der Waals surface area contributed by atoms with Gasteiger partial charge in [0.1, 0.15) is 11.9 Å². The van der Waals surface area contributed by atoms with Crippen molar-refractivity contribution in [1.29, 1.82) is 0 Å². The van der Waals surface area contributed by atoms with Gasteiger partial charge < -0.3 is 4.74 Å². The van der Waals surface area contributed by atoms with Crippen molar-refractivity contribution in [3.63, 3.8) is 0 Å². The summed E-state index contributed by atoms with van der Waals surface area (Å²) in [5.41, 5.74) is 0.767. The summed E-state index contributed by atoms with van der Waals surface area (Å²) >= 11 is 0. The van der Waals surface area contributed by atoms with E-state index >= 15 is 0 Å². The summed E-state index contributed by atoms with van der Waals surface area (Å²) in [4.78, 5) is 11.8. The number of ketones is 1. The minimum Gasteiger partial charge on any atom is -0.489 e. The first-order chi connectivity index (χ1) is 6.36. The molecule has 2 nitrogen and oxygen atoms in total. The molecule has 1 fully saturated rings. The normalized spacial score (nSPS) is 29.7. The number of carbonyl (C=O) groups is 1. The smallest absolute Gasteiger partial charge is 0.173 e. The molecule has 1 aromatic carbocycles. The lowest BCUT2D eigenvalue weighted by molar-refractivity contribution is 0.0279. The topological polar surface area (TPSA) is 26.3 Å². The molecular formula is C11H10O2. The van der Waals surface area contributed by atoms with Crippen LogP contribution in [0.4, 0.5) is 0 Å². The first-order valence-corrected chi connectivity index (χ1v) is 4.66. The van der Waals surface area contributed by atoms with Crippen LogP contribution in [0.3, 0.4) is 0 Å². The number of carbonyl (C=O) groups excluding carboxylic acids is 1. The van der Waals surface area contributed by atoms with Crippen molar-refractivity contribution in [2.24, 2.45) is 5.92 Å². The number of rotatable bonds is 0. The van der Waals surface area contributed by atoms with Crippen molar-refractivity contribution in [3.05, 3.63) is 29.8 Å². The maximum atomic E-state index is 11.8. The second-order valence-corrected chi connectivity index (χ2v) is 3.70. The number of ether oxygens (including phenoxy) is 1. The molecule has 2 unspecified atom stereocenters. The molecule has 1 aromatic rings. The van der Waals surface area contributed by atoms with Crippen molar-refractivity contribution in [2.75, 3.05) is 0 Å². The van der Waals surface area contributed by atoms with Gasteiger partial charge >= 0.3 is 0 Å². The molecule has 66 valence electrons. The van der Waals surface area contributed by atoms with Gasteiger partial charge in [0.05, 0.1) is 11.5 Å². The van der Waals surface area contributed by atoms with E-state index in [0.29, 0.717) is 0 Å². The summed E-state index contributed by atoms with van der Waals surface area (Å²) in [7, 11) is 0. The summed E-state index contributed by atoms with van der Waals surface area (Å²) < 4.78 is 5.68. The van der Waals surface area contributed by atoms with Gasteiger partial charge in [-0.2, -0.15) is 0 Å². The van der Waals surface area contributed by atoms with E-state index in [-0.39, 0.29) is 17.8 Å². The second kappa shape index (κ2) is 2.34. The molecular weight excluding hydrogens is 164 g/mol.